The molecule has 0 spiro atoms. The number of anilines is 1. The van der Waals surface area contributed by atoms with Crippen molar-refractivity contribution < 1.29 is 19.1 Å². The van der Waals surface area contributed by atoms with E-state index in [4.69, 9.17) is 4.74 Å². The Bertz CT molecular complexity index is 628. The fourth-order valence-electron chi connectivity index (χ4n) is 2.83. The van der Waals surface area contributed by atoms with Gasteiger partial charge in [0.15, 0.2) is 0 Å². The van der Waals surface area contributed by atoms with Crippen LogP contribution in [0.1, 0.15) is 58.3 Å². The predicted molar refractivity (Wildman–Crippen MR) is 97.3 cm³/mol. The lowest BCUT2D eigenvalue weighted by molar-refractivity contribution is -0.137. The number of ether oxygens (including phenoxy) is 1. The molecule has 2 amide bonds. The Morgan fingerprint density at radius 2 is 1.52 bits per heavy atom. The van der Waals surface area contributed by atoms with Crippen molar-refractivity contribution in [1.29, 1.82) is 0 Å². The van der Waals surface area contributed by atoms with E-state index in [1.54, 1.807) is 19.1 Å². The summed E-state index contributed by atoms with van der Waals surface area (Å²) >= 11 is 0. The van der Waals surface area contributed by atoms with Crippen LogP contribution in [0.25, 0.3) is 0 Å². The number of carbonyl (C=O) groups excluding carboxylic acids is 3. The van der Waals surface area contributed by atoms with Crippen LogP contribution in [0.2, 0.25) is 0 Å². The Balaban J connectivity index is 2.66. The lowest BCUT2D eigenvalue weighted by Crippen LogP contribution is -2.49. The van der Waals surface area contributed by atoms with Crippen LogP contribution < -0.4 is 10.6 Å². The molecule has 138 valence electrons. The number of benzene rings is 1. The molecule has 0 saturated carbocycles. The summed E-state index contributed by atoms with van der Waals surface area (Å²) in [6.07, 6.45) is 0.729. The minimum atomic E-state index is -0.745. The highest BCUT2D eigenvalue weighted by atomic mass is 16.5. The highest BCUT2D eigenvalue weighted by molar-refractivity contribution is 6.39. The van der Waals surface area contributed by atoms with Gasteiger partial charge in [0.2, 0.25) is 0 Å². The third-order valence-corrected chi connectivity index (χ3v) is 3.28. The first-order chi connectivity index (χ1) is 11.4. The monoisotopic (exact) mass is 348 g/mol. The average Bonchev–Trinajstić information content (AvgIpc) is 2.45. The molecule has 6 nitrogen and oxygen atoms in total. The number of amides is 2. The van der Waals surface area contributed by atoms with Crippen LogP contribution in [0.15, 0.2) is 24.3 Å². The first-order valence-corrected chi connectivity index (χ1v) is 8.34. The Labute approximate surface area is 149 Å². The highest BCUT2D eigenvalue weighted by Crippen LogP contribution is 2.26. The van der Waals surface area contributed by atoms with Crippen LogP contribution in [0.3, 0.4) is 0 Å². The molecule has 0 bridgehead atoms. The zero-order valence-electron chi connectivity index (χ0n) is 15.9. The normalized spacial score (nSPS) is 11.6. The fraction of sp³-hybridized carbons (Fsp3) is 0.526. The largest absolute Gasteiger partial charge is 0.462 e. The first-order valence-electron chi connectivity index (χ1n) is 8.34. The lowest BCUT2D eigenvalue weighted by Gasteiger charge is -2.33. The van der Waals surface area contributed by atoms with Crippen molar-refractivity contribution in [3.63, 3.8) is 0 Å². The topological polar surface area (TPSA) is 84.5 Å². The number of hydrogen-bond donors (Lipinski definition) is 2. The Morgan fingerprint density at radius 3 is 2.00 bits per heavy atom. The summed E-state index contributed by atoms with van der Waals surface area (Å²) in [5, 5.41) is 5.28. The van der Waals surface area contributed by atoms with Crippen molar-refractivity contribution in [2.75, 3.05) is 11.9 Å². The standard InChI is InChI=1S/C19H28N2O4/c1-7-25-17(24)13-8-10-14(11-9-13)20-15(22)16(23)21-19(5,6)12-18(2,3)4/h8-11H,7,12H2,1-6H3,(H,20,22)(H,21,23). The van der Waals surface area contributed by atoms with Gasteiger partial charge in [-0.3, -0.25) is 9.59 Å². The van der Waals surface area contributed by atoms with Gasteiger partial charge in [-0.25, -0.2) is 4.79 Å². The molecule has 1 aromatic rings. The molecule has 0 unspecified atom stereocenters. The molecule has 1 rings (SSSR count). The summed E-state index contributed by atoms with van der Waals surface area (Å²) in [6.45, 7) is 12.0. The van der Waals surface area contributed by atoms with Crippen LogP contribution in [0.4, 0.5) is 5.69 Å². The van der Waals surface area contributed by atoms with Gasteiger partial charge in [-0.1, -0.05) is 20.8 Å². The molecule has 0 heterocycles. The van der Waals surface area contributed by atoms with E-state index in [0.29, 0.717) is 17.9 Å². The third kappa shape index (κ3) is 7.37. The number of nitrogens with one attached hydrogen (secondary N) is 2. The number of rotatable bonds is 5. The minimum absolute atomic E-state index is 0.0240. The predicted octanol–water partition coefficient (Wildman–Crippen LogP) is 3.13. The summed E-state index contributed by atoms with van der Waals surface area (Å²) in [5.41, 5.74) is 0.342. The van der Waals surface area contributed by atoms with E-state index in [9.17, 15) is 14.4 Å². The van der Waals surface area contributed by atoms with Gasteiger partial charge < -0.3 is 15.4 Å². The summed E-state index contributed by atoms with van der Waals surface area (Å²) < 4.78 is 4.89. The second kappa shape index (κ2) is 8.14. The second-order valence-corrected chi connectivity index (χ2v) is 7.83. The van der Waals surface area contributed by atoms with Gasteiger partial charge in [-0.05, 0) is 56.9 Å². The Morgan fingerprint density at radius 1 is 0.960 bits per heavy atom. The molecule has 0 aliphatic rings. The van der Waals surface area contributed by atoms with Gasteiger partial charge in [-0.2, -0.15) is 0 Å². The molecule has 1 aromatic carbocycles. The van der Waals surface area contributed by atoms with Crippen molar-refractivity contribution in [3.8, 4) is 0 Å². The maximum absolute atomic E-state index is 12.1. The van der Waals surface area contributed by atoms with E-state index in [1.165, 1.54) is 12.1 Å². The van der Waals surface area contributed by atoms with E-state index in [-0.39, 0.29) is 5.41 Å². The van der Waals surface area contributed by atoms with Crippen LogP contribution in [0, 0.1) is 5.41 Å². The smallest absolute Gasteiger partial charge is 0.338 e. The molecular formula is C19H28N2O4. The van der Waals surface area contributed by atoms with Gasteiger partial charge in [-0.15, -0.1) is 0 Å². The van der Waals surface area contributed by atoms with E-state index in [2.05, 4.69) is 31.4 Å². The SMILES string of the molecule is CCOC(=O)c1ccc(NC(=O)C(=O)NC(C)(C)CC(C)(C)C)cc1. The molecular weight excluding hydrogens is 320 g/mol. The van der Waals surface area contributed by atoms with Crippen molar-refractivity contribution in [1.82, 2.24) is 5.32 Å². The van der Waals surface area contributed by atoms with Crippen molar-refractivity contribution in [3.05, 3.63) is 29.8 Å². The molecule has 2 N–H and O–H groups in total. The zero-order chi connectivity index (χ0) is 19.3. The van der Waals surface area contributed by atoms with Crippen molar-refractivity contribution >= 4 is 23.5 Å². The quantitative estimate of drug-likeness (QED) is 0.632. The van der Waals surface area contributed by atoms with E-state index in [1.807, 2.05) is 13.8 Å². The molecule has 0 atom stereocenters. The molecule has 0 aliphatic carbocycles. The summed E-state index contributed by atoms with van der Waals surface area (Å²) in [7, 11) is 0. The summed E-state index contributed by atoms with van der Waals surface area (Å²) in [6, 6.07) is 6.18. The van der Waals surface area contributed by atoms with Crippen molar-refractivity contribution in [2.45, 2.75) is 53.5 Å². The fourth-order valence-corrected chi connectivity index (χ4v) is 2.83. The Kier molecular flexibility index (Phi) is 6.73. The van der Waals surface area contributed by atoms with Crippen LogP contribution in [0.5, 0.6) is 0 Å². The zero-order valence-corrected chi connectivity index (χ0v) is 15.9. The number of carbonyl (C=O) groups is 3. The highest BCUT2D eigenvalue weighted by Gasteiger charge is 2.29. The number of hydrogen-bond acceptors (Lipinski definition) is 4. The minimum Gasteiger partial charge on any atom is -0.462 e. The maximum atomic E-state index is 12.1. The van der Waals surface area contributed by atoms with E-state index >= 15 is 0 Å². The molecule has 25 heavy (non-hydrogen) atoms. The molecule has 0 aliphatic heterocycles. The molecule has 0 radical (unpaired) electrons. The van der Waals surface area contributed by atoms with Crippen LogP contribution >= 0.6 is 0 Å². The second-order valence-electron chi connectivity index (χ2n) is 7.83. The lowest BCUT2D eigenvalue weighted by atomic mass is 9.82. The molecule has 0 saturated heterocycles. The van der Waals surface area contributed by atoms with Gasteiger partial charge in [0, 0.05) is 11.2 Å². The van der Waals surface area contributed by atoms with Crippen LogP contribution in [-0.2, 0) is 14.3 Å². The molecule has 6 heteroatoms. The third-order valence-electron chi connectivity index (χ3n) is 3.28. The van der Waals surface area contributed by atoms with E-state index in [0.717, 1.165) is 6.42 Å². The maximum Gasteiger partial charge on any atom is 0.338 e. The molecule has 0 fully saturated rings. The van der Waals surface area contributed by atoms with Gasteiger partial charge in [0.05, 0.1) is 12.2 Å². The van der Waals surface area contributed by atoms with Gasteiger partial charge in [0.1, 0.15) is 0 Å². The summed E-state index contributed by atoms with van der Waals surface area (Å²) in [4.78, 5) is 35.8. The molecule has 0 aromatic heterocycles. The van der Waals surface area contributed by atoms with Crippen molar-refractivity contribution in [2.24, 2.45) is 5.41 Å². The Hall–Kier alpha value is -2.37. The van der Waals surface area contributed by atoms with Gasteiger partial charge in [0.25, 0.3) is 0 Å². The first kappa shape index (κ1) is 20.7. The summed E-state index contributed by atoms with van der Waals surface area (Å²) in [5.74, 6) is -1.86. The van der Waals surface area contributed by atoms with E-state index < -0.39 is 23.3 Å². The number of esters is 1. The van der Waals surface area contributed by atoms with Gasteiger partial charge >= 0.3 is 17.8 Å². The van der Waals surface area contributed by atoms with Crippen LogP contribution in [-0.4, -0.2) is 29.9 Å². The average molecular weight is 348 g/mol.